The number of likely N-dealkylation sites (tertiary alicyclic amines) is 1. The van der Waals surface area contributed by atoms with E-state index in [1.54, 1.807) is 18.9 Å². The predicted octanol–water partition coefficient (Wildman–Crippen LogP) is 0.261. The SMILES string of the molecule is CC(=O)N(C)C[C@H]1CCCN(CC(=O)O)C1. The zero-order chi connectivity index (χ0) is 12.1. The molecule has 1 fully saturated rings. The van der Waals surface area contributed by atoms with Gasteiger partial charge in [-0.25, -0.2) is 0 Å². The van der Waals surface area contributed by atoms with Gasteiger partial charge in [0.1, 0.15) is 0 Å². The maximum Gasteiger partial charge on any atom is 0.317 e. The summed E-state index contributed by atoms with van der Waals surface area (Å²) in [5.74, 6) is -0.307. The van der Waals surface area contributed by atoms with Gasteiger partial charge in [-0.2, -0.15) is 0 Å². The molecule has 0 unspecified atom stereocenters. The van der Waals surface area contributed by atoms with Gasteiger partial charge < -0.3 is 10.0 Å². The van der Waals surface area contributed by atoms with Crippen molar-refractivity contribution in [2.24, 2.45) is 5.92 Å². The Hall–Kier alpha value is -1.10. The molecular formula is C11H20N2O3. The second-order valence-electron chi connectivity index (χ2n) is 4.54. The van der Waals surface area contributed by atoms with Crippen LogP contribution in [0.5, 0.6) is 0 Å². The van der Waals surface area contributed by atoms with Crippen LogP contribution in [0.3, 0.4) is 0 Å². The van der Waals surface area contributed by atoms with Crippen LogP contribution < -0.4 is 0 Å². The van der Waals surface area contributed by atoms with E-state index < -0.39 is 5.97 Å². The van der Waals surface area contributed by atoms with Gasteiger partial charge in [0.25, 0.3) is 0 Å². The molecule has 1 N–H and O–H groups in total. The number of carboxylic acids is 1. The number of hydrogen-bond acceptors (Lipinski definition) is 3. The van der Waals surface area contributed by atoms with Gasteiger partial charge in [0, 0.05) is 27.1 Å². The maximum absolute atomic E-state index is 11.1. The topological polar surface area (TPSA) is 60.9 Å². The average Bonchev–Trinajstić information content (AvgIpc) is 2.16. The number of hydrogen-bond donors (Lipinski definition) is 1. The molecule has 0 bridgehead atoms. The summed E-state index contributed by atoms with van der Waals surface area (Å²) >= 11 is 0. The molecule has 0 spiro atoms. The summed E-state index contributed by atoms with van der Waals surface area (Å²) < 4.78 is 0. The van der Waals surface area contributed by atoms with E-state index in [0.717, 1.165) is 32.5 Å². The molecule has 1 amide bonds. The largest absolute Gasteiger partial charge is 0.480 e. The molecule has 0 aromatic carbocycles. The van der Waals surface area contributed by atoms with Crippen LogP contribution in [0.2, 0.25) is 0 Å². The Kier molecular flexibility index (Phi) is 4.73. The van der Waals surface area contributed by atoms with E-state index in [-0.39, 0.29) is 12.5 Å². The predicted molar refractivity (Wildman–Crippen MR) is 60.1 cm³/mol. The summed E-state index contributed by atoms with van der Waals surface area (Å²) in [4.78, 5) is 25.3. The number of nitrogens with zero attached hydrogens (tertiary/aromatic N) is 2. The van der Waals surface area contributed by atoms with Gasteiger partial charge in [-0.15, -0.1) is 0 Å². The summed E-state index contributed by atoms with van der Waals surface area (Å²) in [5.41, 5.74) is 0. The molecule has 1 atom stereocenters. The van der Waals surface area contributed by atoms with Crippen molar-refractivity contribution in [2.45, 2.75) is 19.8 Å². The smallest absolute Gasteiger partial charge is 0.317 e. The van der Waals surface area contributed by atoms with Crippen LogP contribution in [0, 0.1) is 5.92 Å². The van der Waals surface area contributed by atoms with Crippen molar-refractivity contribution in [3.8, 4) is 0 Å². The van der Waals surface area contributed by atoms with E-state index in [0.29, 0.717) is 5.92 Å². The Labute approximate surface area is 96.0 Å². The highest BCUT2D eigenvalue weighted by atomic mass is 16.4. The lowest BCUT2D eigenvalue weighted by molar-refractivity contribution is -0.139. The van der Waals surface area contributed by atoms with Crippen molar-refractivity contribution < 1.29 is 14.7 Å². The van der Waals surface area contributed by atoms with Gasteiger partial charge in [0.2, 0.25) is 5.91 Å². The monoisotopic (exact) mass is 228 g/mol. The summed E-state index contributed by atoms with van der Waals surface area (Å²) in [7, 11) is 1.79. The number of carboxylic acid groups (broad SMARTS) is 1. The highest BCUT2D eigenvalue weighted by Crippen LogP contribution is 2.16. The first kappa shape index (κ1) is 13.0. The highest BCUT2D eigenvalue weighted by Gasteiger charge is 2.22. The number of rotatable bonds is 4. The molecule has 1 aliphatic rings. The van der Waals surface area contributed by atoms with Crippen LogP contribution in [-0.2, 0) is 9.59 Å². The van der Waals surface area contributed by atoms with E-state index in [4.69, 9.17) is 5.11 Å². The maximum atomic E-state index is 11.1. The molecule has 0 aliphatic carbocycles. The fourth-order valence-electron chi connectivity index (χ4n) is 2.15. The molecule has 5 nitrogen and oxygen atoms in total. The molecule has 0 aromatic rings. The van der Waals surface area contributed by atoms with E-state index in [1.807, 2.05) is 4.90 Å². The number of aliphatic carboxylic acids is 1. The van der Waals surface area contributed by atoms with Crippen molar-refractivity contribution in [1.29, 1.82) is 0 Å². The third-order valence-corrected chi connectivity index (χ3v) is 3.03. The quantitative estimate of drug-likeness (QED) is 0.750. The van der Waals surface area contributed by atoms with Crippen molar-refractivity contribution in [1.82, 2.24) is 9.80 Å². The molecule has 5 heteroatoms. The molecule has 0 aromatic heterocycles. The van der Waals surface area contributed by atoms with Gasteiger partial charge >= 0.3 is 5.97 Å². The van der Waals surface area contributed by atoms with Crippen LogP contribution in [0.15, 0.2) is 0 Å². The lowest BCUT2D eigenvalue weighted by atomic mass is 9.97. The molecule has 0 saturated carbocycles. The van der Waals surface area contributed by atoms with Crippen LogP contribution >= 0.6 is 0 Å². The molecule has 1 saturated heterocycles. The Morgan fingerprint density at radius 2 is 2.19 bits per heavy atom. The lowest BCUT2D eigenvalue weighted by Gasteiger charge is -2.33. The second kappa shape index (κ2) is 5.84. The van der Waals surface area contributed by atoms with Crippen molar-refractivity contribution in [3.05, 3.63) is 0 Å². The number of carbonyl (C=O) groups excluding carboxylic acids is 1. The summed E-state index contributed by atoms with van der Waals surface area (Å²) in [6, 6.07) is 0. The Morgan fingerprint density at radius 3 is 2.75 bits per heavy atom. The van der Waals surface area contributed by atoms with Crippen LogP contribution in [0.1, 0.15) is 19.8 Å². The Morgan fingerprint density at radius 1 is 1.50 bits per heavy atom. The third-order valence-electron chi connectivity index (χ3n) is 3.03. The minimum atomic E-state index is -0.777. The molecule has 0 radical (unpaired) electrons. The fourth-order valence-corrected chi connectivity index (χ4v) is 2.15. The number of carbonyl (C=O) groups is 2. The fraction of sp³-hybridized carbons (Fsp3) is 0.818. The standard InChI is InChI=1S/C11H20N2O3/c1-9(14)12(2)6-10-4-3-5-13(7-10)8-11(15)16/h10H,3-8H2,1-2H3,(H,15,16)/t10-/m1/s1. The van der Waals surface area contributed by atoms with Gasteiger partial charge in [-0.05, 0) is 25.3 Å². The Balaban J connectivity index is 2.38. The first-order chi connectivity index (χ1) is 7.49. The molecule has 92 valence electrons. The zero-order valence-electron chi connectivity index (χ0n) is 9.98. The van der Waals surface area contributed by atoms with E-state index in [1.165, 1.54) is 0 Å². The first-order valence-electron chi connectivity index (χ1n) is 5.65. The normalized spacial score (nSPS) is 21.8. The first-order valence-corrected chi connectivity index (χ1v) is 5.65. The minimum Gasteiger partial charge on any atom is -0.480 e. The van der Waals surface area contributed by atoms with Crippen LogP contribution in [0.4, 0.5) is 0 Å². The van der Waals surface area contributed by atoms with Crippen LogP contribution in [0.25, 0.3) is 0 Å². The number of piperidine rings is 1. The van der Waals surface area contributed by atoms with Gasteiger partial charge in [0.05, 0.1) is 6.54 Å². The van der Waals surface area contributed by atoms with Gasteiger partial charge in [-0.1, -0.05) is 0 Å². The molecular weight excluding hydrogens is 208 g/mol. The second-order valence-corrected chi connectivity index (χ2v) is 4.54. The van der Waals surface area contributed by atoms with Crippen molar-refractivity contribution >= 4 is 11.9 Å². The lowest BCUT2D eigenvalue weighted by Crippen LogP contribution is -2.43. The van der Waals surface area contributed by atoms with E-state index in [9.17, 15) is 9.59 Å². The summed E-state index contributed by atoms with van der Waals surface area (Å²) in [6.07, 6.45) is 2.09. The van der Waals surface area contributed by atoms with E-state index in [2.05, 4.69) is 0 Å². The van der Waals surface area contributed by atoms with Gasteiger partial charge in [0.15, 0.2) is 0 Å². The molecule has 1 heterocycles. The summed E-state index contributed by atoms with van der Waals surface area (Å²) in [6.45, 7) is 4.03. The molecule has 16 heavy (non-hydrogen) atoms. The zero-order valence-corrected chi connectivity index (χ0v) is 9.98. The molecule has 1 rings (SSSR count). The molecule has 1 aliphatic heterocycles. The van der Waals surface area contributed by atoms with Gasteiger partial charge in [-0.3, -0.25) is 14.5 Å². The van der Waals surface area contributed by atoms with Crippen molar-refractivity contribution in [3.63, 3.8) is 0 Å². The minimum absolute atomic E-state index is 0.0651. The average molecular weight is 228 g/mol. The van der Waals surface area contributed by atoms with Crippen LogP contribution in [-0.4, -0.2) is 60.0 Å². The third kappa shape index (κ3) is 4.18. The number of amides is 1. The summed E-state index contributed by atoms with van der Waals surface area (Å²) in [5, 5.41) is 8.72. The highest BCUT2D eigenvalue weighted by molar-refractivity contribution is 5.72. The van der Waals surface area contributed by atoms with Crippen molar-refractivity contribution in [2.75, 3.05) is 33.2 Å². The Bertz CT molecular complexity index is 268. The van der Waals surface area contributed by atoms with E-state index >= 15 is 0 Å².